The Balaban J connectivity index is 1.98. The summed E-state index contributed by atoms with van der Waals surface area (Å²) >= 11 is 6.52. The number of ketones is 2. The number of allylic oxidation sites excluding steroid dienone is 4. The average Bonchev–Trinajstić information content (AvgIpc) is 2.68. The van der Waals surface area contributed by atoms with E-state index < -0.39 is 11.9 Å². The molecule has 7 heteroatoms. The molecule has 0 bridgehead atoms. The highest BCUT2D eigenvalue weighted by Crippen LogP contribution is 2.54. The maximum absolute atomic E-state index is 13.6. The Morgan fingerprint density at radius 2 is 1.56 bits per heavy atom. The zero-order chi connectivity index (χ0) is 25.0. The van der Waals surface area contributed by atoms with E-state index >= 15 is 0 Å². The number of hydrogen-bond donors (Lipinski definition) is 1. The number of carboxylic acids is 1. The molecule has 0 radical (unpaired) electrons. The van der Waals surface area contributed by atoms with Gasteiger partial charge in [0.2, 0.25) is 0 Å². The van der Waals surface area contributed by atoms with Gasteiger partial charge in [-0.3, -0.25) is 14.4 Å². The normalized spacial score (nSPS) is 22.0. The first kappa shape index (κ1) is 24.5. The van der Waals surface area contributed by atoms with E-state index in [1.165, 1.54) is 0 Å². The van der Waals surface area contributed by atoms with Crippen LogP contribution in [0.1, 0.15) is 71.8 Å². The highest BCUT2D eigenvalue weighted by Gasteiger charge is 2.49. The maximum atomic E-state index is 13.6. The van der Waals surface area contributed by atoms with E-state index in [1.807, 2.05) is 40.7 Å². The SMILES string of the molecule is CCOc1ccc(C2C3=C(CC(C)(C)CC3=O)N(CC(=O)O)C3=C2C(=O)CC(C)(C)C3)cc1Cl. The van der Waals surface area contributed by atoms with E-state index in [4.69, 9.17) is 16.3 Å². The molecule has 182 valence electrons. The van der Waals surface area contributed by atoms with Crippen LogP contribution in [-0.4, -0.2) is 40.7 Å². The molecule has 0 unspecified atom stereocenters. The maximum Gasteiger partial charge on any atom is 0.323 e. The van der Waals surface area contributed by atoms with Crippen molar-refractivity contribution in [2.24, 2.45) is 10.8 Å². The highest BCUT2D eigenvalue weighted by atomic mass is 35.5. The van der Waals surface area contributed by atoms with Gasteiger partial charge >= 0.3 is 5.97 Å². The van der Waals surface area contributed by atoms with Gasteiger partial charge in [-0.05, 0) is 48.3 Å². The lowest BCUT2D eigenvalue weighted by atomic mass is 9.63. The smallest absolute Gasteiger partial charge is 0.323 e. The molecule has 34 heavy (non-hydrogen) atoms. The van der Waals surface area contributed by atoms with Crippen molar-refractivity contribution in [2.45, 2.75) is 66.2 Å². The molecule has 1 aliphatic heterocycles. The van der Waals surface area contributed by atoms with Crippen LogP contribution in [0.3, 0.4) is 0 Å². The molecular formula is C27H32ClNO5. The fourth-order valence-corrected chi connectivity index (χ4v) is 5.92. The van der Waals surface area contributed by atoms with Crippen molar-refractivity contribution >= 4 is 29.1 Å². The molecule has 1 N–H and O–H groups in total. The zero-order valence-electron chi connectivity index (χ0n) is 20.5. The standard InChI is InChI=1S/C27H32ClNO5/c1-6-34-21-8-7-15(9-16(21)28)23-24-17(10-26(2,3)12-19(24)30)29(14-22(32)33)18-11-27(4,5)13-20(31)25(18)23/h7-9,23H,6,10-14H2,1-5H3,(H,32,33). The number of Topliss-reactive ketones (excluding diaryl/α,β-unsaturated/α-hetero) is 2. The molecule has 0 saturated carbocycles. The number of benzene rings is 1. The summed E-state index contributed by atoms with van der Waals surface area (Å²) < 4.78 is 5.59. The van der Waals surface area contributed by atoms with E-state index in [9.17, 15) is 19.5 Å². The fraction of sp³-hybridized carbons (Fsp3) is 0.519. The third-order valence-electron chi connectivity index (χ3n) is 6.90. The number of hydrogen-bond acceptors (Lipinski definition) is 5. The molecule has 3 aliphatic rings. The molecule has 0 spiro atoms. The molecule has 0 amide bonds. The van der Waals surface area contributed by atoms with Gasteiger partial charge in [0.05, 0.1) is 11.6 Å². The number of aliphatic carboxylic acids is 1. The highest BCUT2D eigenvalue weighted by molar-refractivity contribution is 6.32. The summed E-state index contributed by atoms with van der Waals surface area (Å²) in [5.41, 5.74) is 2.66. The van der Waals surface area contributed by atoms with Crippen LogP contribution in [0.4, 0.5) is 0 Å². The Labute approximate surface area is 205 Å². The molecule has 0 saturated heterocycles. The van der Waals surface area contributed by atoms with Gasteiger partial charge in [0.1, 0.15) is 12.3 Å². The van der Waals surface area contributed by atoms with Gasteiger partial charge in [-0.15, -0.1) is 0 Å². The molecule has 1 heterocycles. The number of nitrogens with zero attached hydrogens (tertiary/aromatic N) is 1. The fourth-order valence-electron chi connectivity index (χ4n) is 5.68. The Hall–Kier alpha value is -2.60. The molecule has 1 aromatic carbocycles. The molecule has 6 nitrogen and oxygen atoms in total. The molecule has 0 aromatic heterocycles. The van der Waals surface area contributed by atoms with Crippen LogP contribution < -0.4 is 4.74 Å². The summed E-state index contributed by atoms with van der Waals surface area (Å²) in [7, 11) is 0. The molecule has 0 atom stereocenters. The molecule has 2 aliphatic carbocycles. The van der Waals surface area contributed by atoms with Gasteiger partial charge in [0.15, 0.2) is 11.6 Å². The van der Waals surface area contributed by atoms with E-state index in [0.717, 1.165) is 17.0 Å². The Morgan fingerprint density at radius 3 is 2.00 bits per heavy atom. The summed E-state index contributed by atoms with van der Waals surface area (Å²) in [6, 6.07) is 5.42. The monoisotopic (exact) mass is 485 g/mol. The Kier molecular flexibility index (Phi) is 6.17. The summed E-state index contributed by atoms with van der Waals surface area (Å²) in [5.74, 6) is -1.09. The minimum atomic E-state index is -0.993. The zero-order valence-corrected chi connectivity index (χ0v) is 21.2. The number of carbonyl (C=O) groups is 3. The molecule has 0 fully saturated rings. The first-order chi connectivity index (χ1) is 15.8. The molecular weight excluding hydrogens is 454 g/mol. The van der Waals surface area contributed by atoms with Crippen molar-refractivity contribution in [1.29, 1.82) is 0 Å². The van der Waals surface area contributed by atoms with E-state index in [0.29, 0.717) is 54.2 Å². The van der Waals surface area contributed by atoms with E-state index in [-0.39, 0.29) is 28.9 Å². The van der Waals surface area contributed by atoms with Crippen LogP contribution in [0.25, 0.3) is 0 Å². The van der Waals surface area contributed by atoms with Crippen LogP contribution in [0.5, 0.6) is 5.75 Å². The van der Waals surface area contributed by atoms with Crippen molar-refractivity contribution in [3.8, 4) is 5.75 Å². The molecule has 1 aromatic rings. The van der Waals surface area contributed by atoms with Crippen molar-refractivity contribution < 1.29 is 24.2 Å². The van der Waals surface area contributed by atoms with E-state index in [2.05, 4.69) is 0 Å². The first-order valence-electron chi connectivity index (χ1n) is 11.8. The summed E-state index contributed by atoms with van der Waals surface area (Å²) in [4.78, 5) is 40.9. The second-order valence-corrected chi connectivity index (χ2v) is 11.5. The van der Waals surface area contributed by atoms with Crippen molar-refractivity contribution in [3.05, 3.63) is 51.3 Å². The van der Waals surface area contributed by atoms with Crippen molar-refractivity contribution in [1.82, 2.24) is 4.90 Å². The lowest BCUT2D eigenvalue weighted by molar-refractivity contribution is -0.138. The van der Waals surface area contributed by atoms with Crippen molar-refractivity contribution in [3.63, 3.8) is 0 Å². The van der Waals surface area contributed by atoms with Crippen LogP contribution in [-0.2, 0) is 14.4 Å². The third-order valence-corrected chi connectivity index (χ3v) is 7.20. The van der Waals surface area contributed by atoms with E-state index in [1.54, 1.807) is 17.0 Å². The number of carbonyl (C=O) groups excluding carboxylic acids is 2. The topological polar surface area (TPSA) is 83.9 Å². The predicted molar refractivity (Wildman–Crippen MR) is 130 cm³/mol. The predicted octanol–water partition coefficient (Wildman–Crippen LogP) is 5.51. The Morgan fingerprint density at radius 1 is 1.03 bits per heavy atom. The van der Waals surface area contributed by atoms with Crippen LogP contribution in [0, 0.1) is 10.8 Å². The lowest BCUT2D eigenvalue weighted by Crippen LogP contribution is -2.45. The second-order valence-electron chi connectivity index (χ2n) is 11.1. The van der Waals surface area contributed by atoms with Gasteiger partial charge in [-0.25, -0.2) is 0 Å². The summed E-state index contributed by atoms with van der Waals surface area (Å²) in [5, 5.41) is 10.2. The minimum Gasteiger partial charge on any atom is -0.492 e. The quantitative estimate of drug-likeness (QED) is 0.592. The summed E-state index contributed by atoms with van der Waals surface area (Å²) in [6.45, 7) is 10.2. The van der Waals surface area contributed by atoms with Gasteiger partial charge in [-0.1, -0.05) is 45.4 Å². The van der Waals surface area contributed by atoms with Gasteiger partial charge in [-0.2, -0.15) is 0 Å². The number of halogens is 1. The molecule has 4 rings (SSSR count). The van der Waals surface area contributed by atoms with Crippen LogP contribution in [0.15, 0.2) is 40.7 Å². The number of carboxylic acid groups (broad SMARTS) is 1. The second kappa shape index (κ2) is 8.56. The lowest BCUT2D eigenvalue weighted by Gasteiger charge is -2.48. The minimum absolute atomic E-state index is 0.0409. The Bertz CT molecular complexity index is 1090. The largest absolute Gasteiger partial charge is 0.492 e. The van der Waals surface area contributed by atoms with Gasteiger partial charge < -0.3 is 14.7 Å². The first-order valence-corrected chi connectivity index (χ1v) is 12.2. The van der Waals surface area contributed by atoms with Crippen LogP contribution >= 0.6 is 11.6 Å². The van der Waals surface area contributed by atoms with Gasteiger partial charge in [0.25, 0.3) is 0 Å². The average molecular weight is 486 g/mol. The van der Waals surface area contributed by atoms with Gasteiger partial charge in [0, 0.05) is 41.3 Å². The number of rotatable bonds is 5. The summed E-state index contributed by atoms with van der Waals surface area (Å²) in [6.07, 6.45) is 1.81. The third kappa shape index (κ3) is 4.40. The van der Waals surface area contributed by atoms with Crippen molar-refractivity contribution in [2.75, 3.05) is 13.2 Å². The number of ether oxygens (including phenoxy) is 1. The van der Waals surface area contributed by atoms with Crippen LogP contribution in [0.2, 0.25) is 5.02 Å².